The molecule has 1 fully saturated rings. The van der Waals surface area contributed by atoms with Crippen LogP contribution in [0, 0.1) is 12.7 Å². The summed E-state index contributed by atoms with van der Waals surface area (Å²) in [7, 11) is 0. The molecule has 3 nitrogen and oxygen atoms in total. The van der Waals surface area contributed by atoms with Crippen molar-refractivity contribution in [2.75, 3.05) is 5.73 Å². The maximum absolute atomic E-state index is 13.6. The average molecular weight is 208 g/mol. The fourth-order valence-electron chi connectivity index (χ4n) is 1.45. The summed E-state index contributed by atoms with van der Waals surface area (Å²) >= 11 is 0. The van der Waals surface area contributed by atoms with Gasteiger partial charge in [-0.2, -0.15) is 0 Å². The molecule has 1 aromatic rings. The third-order valence-corrected chi connectivity index (χ3v) is 2.43. The average Bonchev–Trinajstić information content (AvgIpc) is 2.94. The fraction of sp³-hybridized carbons (Fsp3) is 0.364. The number of carbonyl (C=O) groups excluding carboxylic acids is 1. The number of anilines is 1. The fourth-order valence-corrected chi connectivity index (χ4v) is 1.45. The van der Waals surface area contributed by atoms with Crippen LogP contribution in [0.2, 0.25) is 0 Å². The summed E-state index contributed by atoms with van der Waals surface area (Å²) in [4.78, 5) is 11.6. The van der Waals surface area contributed by atoms with Crippen molar-refractivity contribution >= 4 is 11.6 Å². The number of nitrogen functional groups attached to an aromatic ring is 1. The Labute approximate surface area is 87.5 Å². The molecule has 80 valence electrons. The van der Waals surface area contributed by atoms with E-state index in [1.54, 1.807) is 6.92 Å². The predicted molar refractivity (Wildman–Crippen MR) is 56.0 cm³/mol. The van der Waals surface area contributed by atoms with Gasteiger partial charge < -0.3 is 11.1 Å². The summed E-state index contributed by atoms with van der Waals surface area (Å²) in [5, 5.41) is 2.73. The van der Waals surface area contributed by atoms with E-state index in [0.29, 0.717) is 11.3 Å². The summed E-state index contributed by atoms with van der Waals surface area (Å²) in [5.74, 6) is -0.854. The summed E-state index contributed by atoms with van der Waals surface area (Å²) in [6, 6.07) is 3.11. The third-order valence-electron chi connectivity index (χ3n) is 2.43. The van der Waals surface area contributed by atoms with Crippen molar-refractivity contribution in [3.05, 3.63) is 29.1 Å². The van der Waals surface area contributed by atoms with Crippen LogP contribution in [0.4, 0.5) is 10.1 Å². The zero-order chi connectivity index (χ0) is 11.0. The minimum Gasteiger partial charge on any atom is -0.399 e. The zero-order valence-corrected chi connectivity index (χ0v) is 8.51. The number of aryl methyl sites for hydroxylation is 1. The lowest BCUT2D eigenvalue weighted by Gasteiger charge is -2.07. The molecule has 4 heteroatoms. The van der Waals surface area contributed by atoms with E-state index in [-0.39, 0.29) is 17.5 Å². The number of halogens is 1. The van der Waals surface area contributed by atoms with Crippen LogP contribution in [0.25, 0.3) is 0 Å². The maximum Gasteiger partial charge on any atom is 0.254 e. The second-order valence-corrected chi connectivity index (χ2v) is 3.95. The molecule has 1 aliphatic carbocycles. The molecule has 0 radical (unpaired) electrons. The number of benzene rings is 1. The Balaban J connectivity index is 2.28. The van der Waals surface area contributed by atoms with Gasteiger partial charge in [-0.1, -0.05) is 0 Å². The summed E-state index contributed by atoms with van der Waals surface area (Å²) in [6.45, 7) is 1.60. The molecule has 0 aromatic heterocycles. The van der Waals surface area contributed by atoms with Gasteiger partial charge in [0.05, 0.1) is 5.56 Å². The standard InChI is InChI=1S/C11H13FN2O/c1-6-4-7(13)5-9(10(6)12)11(15)14-8-2-3-8/h4-5,8H,2-3,13H2,1H3,(H,14,15). The van der Waals surface area contributed by atoms with Gasteiger partial charge in [-0.05, 0) is 37.5 Å². The molecule has 1 aromatic carbocycles. The number of carbonyl (C=O) groups is 1. The van der Waals surface area contributed by atoms with Crippen molar-refractivity contribution in [1.29, 1.82) is 0 Å². The Morgan fingerprint density at radius 1 is 1.53 bits per heavy atom. The van der Waals surface area contributed by atoms with E-state index in [2.05, 4.69) is 5.32 Å². The molecule has 0 spiro atoms. The molecule has 0 atom stereocenters. The molecular formula is C11H13FN2O. The van der Waals surface area contributed by atoms with Crippen molar-refractivity contribution in [3.8, 4) is 0 Å². The Hall–Kier alpha value is -1.58. The minimum absolute atomic E-state index is 0.0411. The van der Waals surface area contributed by atoms with Crippen LogP contribution in [-0.4, -0.2) is 11.9 Å². The number of amides is 1. The van der Waals surface area contributed by atoms with Gasteiger partial charge in [-0.3, -0.25) is 4.79 Å². The summed E-state index contributed by atoms with van der Waals surface area (Å²) < 4.78 is 13.6. The minimum atomic E-state index is -0.484. The van der Waals surface area contributed by atoms with Crippen LogP contribution < -0.4 is 11.1 Å². The van der Waals surface area contributed by atoms with E-state index in [1.807, 2.05) is 0 Å². The highest BCUT2D eigenvalue weighted by Crippen LogP contribution is 2.21. The first-order valence-corrected chi connectivity index (χ1v) is 4.94. The normalized spacial score (nSPS) is 15.1. The molecule has 15 heavy (non-hydrogen) atoms. The number of hydrogen-bond donors (Lipinski definition) is 2. The van der Waals surface area contributed by atoms with Gasteiger partial charge in [0, 0.05) is 11.7 Å². The lowest BCUT2D eigenvalue weighted by Crippen LogP contribution is -2.26. The summed E-state index contributed by atoms with van der Waals surface area (Å²) in [6.07, 6.45) is 1.96. The second-order valence-electron chi connectivity index (χ2n) is 3.95. The molecule has 2 rings (SSSR count). The van der Waals surface area contributed by atoms with Gasteiger partial charge in [0.15, 0.2) is 0 Å². The zero-order valence-electron chi connectivity index (χ0n) is 8.51. The van der Waals surface area contributed by atoms with Crippen molar-refractivity contribution in [3.63, 3.8) is 0 Å². The molecular weight excluding hydrogens is 195 g/mol. The van der Waals surface area contributed by atoms with Crippen molar-refractivity contribution in [2.45, 2.75) is 25.8 Å². The van der Waals surface area contributed by atoms with Gasteiger partial charge >= 0.3 is 0 Å². The maximum atomic E-state index is 13.6. The Kier molecular flexibility index (Phi) is 2.34. The molecule has 0 bridgehead atoms. The summed E-state index contributed by atoms with van der Waals surface area (Å²) in [5.41, 5.74) is 6.42. The van der Waals surface area contributed by atoms with E-state index in [4.69, 9.17) is 5.73 Å². The van der Waals surface area contributed by atoms with E-state index in [9.17, 15) is 9.18 Å². The Morgan fingerprint density at radius 2 is 2.20 bits per heavy atom. The molecule has 3 N–H and O–H groups in total. The highest BCUT2D eigenvalue weighted by atomic mass is 19.1. The highest BCUT2D eigenvalue weighted by molar-refractivity contribution is 5.96. The van der Waals surface area contributed by atoms with Crippen LogP contribution in [0.3, 0.4) is 0 Å². The van der Waals surface area contributed by atoms with Crippen LogP contribution in [-0.2, 0) is 0 Å². The number of nitrogens with two attached hydrogens (primary N) is 1. The first-order valence-electron chi connectivity index (χ1n) is 4.94. The molecule has 1 saturated carbocycles. The first kappa shape index (κ1) is 9.96. The molecule has 1 aliphatic rings. The number of nitrogens with one attached hydrogen (secondary N) is 1. The van der Waals surface area contributed by atoms with Gasteiger partial charge in [-0.15, -0.1) is 0 Å². The monoisotopic (exact) mass is 208 g/mol. The third kappa shape index (κ3) is 2.09. The van der Waals surface area contributed by atoms with Crippen LogP contribution in [0.5, 0.6) is 0 Å². The smallest absolute Gasteiger partial charge is 0.254 e. The molecule has 0 unspecified atom stereocenters. The quantitative estimate of drug-likeness (QED) is 0.725. The Morgan fingerprint density at radius 3 is 2.80 bits per heavy atom. The first-order chi connectivity index (χ1) is 7.08. The lowest BCUT2D eigenvalue weighted by atomic mass is 10.1. The van der Waals surface area contributed by atoms with Gasteiger partial charge in [0.2, 0.25) is 0 Å². The van der Waals surface area contributed by atoms with Crippen LogP contribution in [0.15, 0.2) is 12.1 Å². The topological polar surface area (TPSA) is 55.1 Å². The van der Waals surface area contributed by atoms with E-state index in [1.165, 1.54) is 12.1 Å². The van der Waals surface area contributed by atoms with E-state index in [0.717, 1.165) is 12.8 Å². The van der Waals surface area contributed by atoms with Crippen LogP contribution >= 0.6 is 0 Å². The van der Waals surface area contributed by atoms with E-state index < -0.39 is 5.82 Å². The molecule has 0 aliphatic heterocycles. The van der Waals surface area contributed by atoms with Gasteiger partial charge in [0.25, 0.3) is 5.91 Å². The molecule has 0 heterocycles. The molecule has 0 saturated heterocycles. The number of rotatable bonds is 2. The van der Waals surface area contributed by atoms with Gasteiger partial charge in [-0.25, -0.2) is 4.39 Å². The highest BCUT2D eigenvalue weighted by Gasteiger charge is 2.25. The lowest BCUT2D eigenvalue weighted by molar-refractivity contribution is 0.0947. The van der Waals surface area contributed by atoms with Crippen molar-refractivity contribution in [2.24, 2.45) is 0 Å². The van der Waals surface area contributed by atoms with Crippen molar-refractivity contribution in [1.82, 2.24) is 5.32 Å². The number of hydrogen-bond acceptors (Lipinski definition) is 2. The van der Waals surface area contributed by atoms with Gasteiger partial charge in [0.1, 0.15) is 5.82 Å². The largest absolute Gasteiger partial charge is 0.399 e. The van der Waals surface area contributed by atoms with E-state index >= 15 is 0 Å². The predicted octanol–water partition coefficient (Wildman–Crippen LogP) is 1.61. The van der Waals surface area contributed by atoms with Crippen LogP contribution in [0.1, 0.15) is 28.8 Å². The Bertz CT molecular complexity index is 413. The molecule has 1 amide bonds. The second kappa shape index (κ2) is 3.53. The van der Waals surface area contributed by atoms with Crippen molar-refractivity contribution < 1.29 is 9.18 Å². The SMILES string of the molecule is Cc1cc(N)cc(C(=O)NC2CC2)c1F.